The van der Waals surface area contributed by atoms with Crippen molar-refractivity contribution in [2.75, 3.05) is 32.0 Å². The van der Waals surface area contributed by atoms with E-state index >= 15 is 0 Å². The zero-order chi connectivity index (χ0) is 17.3. The second-order valence-electron chi connectivity index (χ2n) is 5.12. The molecule has 3 N–H and O–H groups in total. The molecule has 0 unspecified atom stereocenters. The lowest BCUT2D eigenvalue weighted by Gasteiger charge is -2.14. The Morgan fingerprint density at radius 2 is 1.91 bits per heavy atom. The van der Waals surface area contributed by atoms with Crippen LogP contribution in [0.3, 0.4) is 0 Å². The predicted octanol–water partition coefficient (Wildman–Crippen LogP) is 3.04. The van der Waals surface area contributed by atoms with Crippen molar-refractivity contribution >= 4 is 11.6 Å². The van der Waals surface area contributed by atoms with Gasteiger partial charge in [0.25, 0.3) is 0 Å². The normalized spacial score (nSPS) is 12.5. The molecule has 1 aromatic rings. The SMILES string of the molecule is CCCCN(C)CCN=C(N)Nc1ccc(OC(F)(F)F)cc1. The number of likely N-dealkylation sites (N-methyl/N-ethyl adjacent to an activating group) is 1. The highest BCUT2D eigenvalue weighted by Crippen LogP contribution is 2.23. The van der Waals surface area contributed by atoms with E-state index in [1.807, 2.05) is 7.05 Å². The van der Waals surface area contributed by atoms with Gasteiger partial charge in [0.1, 0.15) is 5.75 Å². The standard InChI is InChI=1S/C15H23F3N4O/c1-3-4-10-22(2)11-9-20-14(19)21-12-5-7-13(8-6-12)23-15(16,17)18/h5-8H,3-4,9-11H2,1-2H3,(H3,19,20,21). The summed E-state index contributed by atoms with van der Waals surface area (Å²) < 4.78 is 39.9. The number of ether oxygens (including phenoxy) is 1. The summed E-state index contributed by atoms with van der Waals surface area (Å²) in [5, 5.41) is 2.82. The number of unbranched alkanes of at least 4 members (excludes halogenated alkanes) is 1. The van der Waals surface area contributed by atoms with Crippen LogP contribution in [0.25, 0.3) is 0 Å². The Labute approximate surface area is 134 Å². The van der Waals surface area contributed by atoms with Crippen LogP contribution in [0, 0.1) is 0 Å². The van der Waals surface area contributed by atoms with Gasteiger partial charge in [-0.2, -0.15) is 0 Å². The zero-order valence-electron chi connectivity index (χ0n) is 13.4. The Morgan fingerprint density at radius 3 is 2.48 bits per heavy atom. The van der Waals surface area contributed by atoms with Gasteiger partial charge in [0.15, 0.2) is 5.96 Å². The first-order valence-electron chi connectivity index (χ1n) is 7.41. The van der Waals surface area contributed by atoms with Crippen LogP contribution in [0.4, 0.5) is 18.9 Å². The first kappa shape index (κ1) is 19.1. The van der Waals surface area contributed by atoms with Gasteiger partial charge in [-0.15, -0.1) is 13.2 Å². The van der Waals surface area contributed by atoms with Gasteiger partial charge in [0.05, 0.1) is 6.54 Å². The van der Waals surface area contributed by atoms with Crippen LogP contribution in [0.5, 0.6) is 5.75 Å². The smallest absolute Gasteiger partial charge is 0.406 e. The minimum absolute atomic E-state index is 0.221. The van der Waals surface area contributed by atoms with E-state index in [0.29, 0.717) is 12.2 Å². The van der Waals surface area contributed by atoms with Crippen molar-refractivity contribution in [2.45, 2.75) is 26.1 Å². The number of hydrogen-bond acceptors (Lipinski definition) is 3. The molecule has 0 aliphatic carbocycles. The number of guanidine groups is 1. The van der Waals surface area contributed by atoms with Gasteiger partial charge in [0.2, 0.25) is 0 Å². The molecule has 0 amide bonds. The van der Waals surface area contributed by atoms with E-state index in [-0.39, 0.29) is 11.7 Å². The number of rotatable bonds is 8. The van der Waals surface area contributed by atoms with Gasteiger partial charge in [-0.25, -0.2) is 0 Å². The van der Waals surface area contributed by atoms with Crippen LogP contribution >= 0.6 is 0 Å². The topological polar surface area (TPSA) is 62.9 Å². The van der Waals surface area contributed by atoms with Gasteiger partial charge in [0, 0.05) is 12.2 Å². The minimum Gasteiger partial charge on any atom is -0.406 e. The van der Waals surface area contributed by atoms with Crippen molar-refractivity contribution in [3.63, 3.8) is 0 Å². The Hall–Kier alpha value is -1.96. The molecule has 0 bridgehead atoms. The largest absolute Gasteiger partial charge is 0.573 e. The van der Waals surface area contributed by atoms with Crippen molar-refractivity contribution < 1.29 is 17.9 Å². The van der Waals surface area contributed by atoms with Crippen LogP contribution in [-0.4, -0.2) is 43.9 Å². The van der Waals surface area contributed by atoms with E-state index in [2.05, 4.69) is 26.9 Å². The second kappa shape index (κ2) is 9.24. The van der Waals surface area contributed by atoms with Crippen LogP contribution in [-0.2, 0) is 0 Å². The maximum Gasteiger partial charge on any atom is 0.573 e. The van der Waals surface area contributed by atoms with Crippen molar-refractivity contribution in [1.82, 2.24) is 4.90 Å². The molecule has 130 valence electrons. The molecule has 0 radical (unpaired) electrons. The molecule has 0 fully saturated rings. The Bertz CT molecular complexity index is 488. The Kier molecular flexibility index (Phi) is 7.67. The highest BCUT2D eigenvalue weighted by Gasteiger charge is 2.30. The molecule has 0 heterocycles. The van der Waals surface area contributed by atoms with Gasteiger partial charge in [-0.1, -0.05) is 13.3 Å². The number of nitrogens with two attached hydrogens (primary N) is 1. The van der Waals surface area contributed by atoms with Crippen molar-refractivity contribution in [2.24, 2.45) is 10.7 Å². The minimum atomic E-state index is -4.70. The molecule has 0 aliphatic heterocycles. The molecule has 5 nitrogen and oxygen atoms in total. The number of halogens is 3. The van der Waals surface area contributed by atoms with E-state index in [4.69, 9.17) is 5.73 Å². The Balaban J connectivity index is 2.41. The highest BCUT2D eigenvalue weighted by molar-refractivity contribution is 5.92. The van der Waals surface area contributed by atoms with E-state index in [9.17, 15) is 13.2 Å². The summed E-state index contributed by atoms with van der Waals surface area (Å²) in [5.74, 6) is -0.0607. The van der Waals surface area contributed by atoms with E-state index in [0.717, 1.165) is 25.9 Å². The highest BCUT2D eigenvalue weighted by atomic mass is 19.4. The zero-order valence-corrected chi connectivity index (χ0v) is 13.4. The number of nitrogens with one attached hydrogen (secondary N) is 1. The summed E-state index contributed by atoms with van der Waals surface area (Å²) in [6.07, 6.45) is -2.41. The molecular formula is C15H23F3N4O. The van der Waals surface area contributed by atoms with Crippen LogP contribution in [0.1, 0.15) is 19.8 Å². The molecule has 0 atom stereocenters. The average molecular weight is 332 g/mol. The molecule has 0 aromatic heterocycles. The summed E-state index contributed by atoms with van der Waals surface area (Å²) in [5.41, 5.74) is 6.28. The van der Waals surface area contributed by atoms with Crippen LogP contribution < -0.4 is 15.8 Å². The van der Waals surface area contributed by atoms with Gasteiger partial charge >= 0.3 is 6.36 Å². The summed E-state index contributed by atoms with van der Waals surface area (Å²) in [6, 6.07) is 5.30. The molecule has 0 saturated heterocycles. The fourth-order valence-corrected chi connectivity index (χ4v) is 1.81. The van der Waals surface area contributed by atoms with Gasteiger partial charge < -0.3 is 20.7 Å². The first-order valence-corrected chi connectivity index (χ1v) is 7.41. The van der Waals surface area contributed by atoms with Crippen molar-refractivity contribution in [3.05, 3.63) is 24.3 Å². The lowest BCUT2D eigenvalue weighted by molar-refractivity contribution is -0.274. The lowest BCUT2D eigenvalue weighted by atomic mass is 10.3. The lowest BCUT2D eigenvalue weighted by Crippen LogP contribution is -2.26. The third-order valence-electron chi connectivity index (χ3n) is 3.02. The Morgan fingerprint density at radius 1 is 1.26 bits per heavy atom. The van der Waals surface area contributed by atoms with E-state index < -0.39 is 6.36 Å². The van der Waals surface area contributed by atoms with Crippen molar-refractivity contribution in [3.8, 4) is 5.75 Å². The number of aliphatic imine (C=N–C) groups is 1. The maximum absolute atomic E-state index is 12.1. The average Bonchev–Trinajstić information content (AvgIpc) is 2.45. The van der Waals surface area contributed by atoms with E-state index in [1.165, 1.54) is 24.3 Å². The fourth-order valence-electron chi connectivity index (χ4n) is 1.81. The third-order valence-corrected chi connectivity index (χ3v) is 3.02. The summed E-state index contributed by atoms with van der Waals surface area (Å²) in [7, 11) is 2.02. The molecule has 1 aromatic carbocycles. The van der Waals surface area contributed by atoms with Crippen LogP contribution in [0.2, 0.25) is 0 Å². The van der Waals surface area contributed by atoms with Crippen LogP contribution in [0.15, 0.2) is 29.3 Å². The maximum atomic E-state index is 12.1. The first-order chi connectivity index (χ1) is 10.8. The molecule has 0 spiro atoms. The number of anilines is 1. The number of nitrogens with zero attached hydrogens (tertiary/aromatic N) is 2. The molecule has 0 aliphatic rings. The summed E-state index contributed by atoms with van der Waals surface area (Å²) in [6.45, 7) is 4.49. The number of alkyl halides is 3. The number of benzene rings is 1. The van der Waals surface area contributed by atoms with Gasteiger partial charge in [-0.3, -0.25) is 4.99 Å². The van der Waals surface area contributed by atoms with E-state index in [1.54, 1.807) is 0 Å². The second-order valence-corrected chi connectivity index (χ2v) is 5.12. The van der Waals surface area contributed by atoms with Crippen molar-refractivity contribution in [1.29, 1.82) is 0 Å². The molecule has 1 rings (SSSR count). The fraction of sp³-hybridized carbons (Fsp3) is 0.533. The summed E-state index contributed by atoms with van der Waals surface area (Å²) >= 11 is 0. The third kappa shape index (κ3) is 8.92. The predicted molar refractivity (Wildman–Crippen MR) is 85.6 cm³/mol. The molecule has 23 heavy (non-hydrogen) atoms. The molecule has 0 saturated carbocycles. The monoisotopic (exact) mass is 332 g/mol. The molecule has 8 heteroatoms. The summed E-state index contributed by atoms with van der Waals surface area (Å²) in [4.78, 5) is 6.35. The molecular weight excluding hydrogens is 309 g/mol. The number of hydrogen-bond donors (Lipinski definition) is 2. The van der Waals surface area contributed by atoms with Gasteiger partial charge in [-0.05, 0) is 44.3 Å². The quantitative estimate of drug-likeness (QED) is 0.567.